The van der Waals surface area contributed by atoms with E-state index < -0.39 is 12.0 Å². The Labute approximate surface area is 213 Å². The third kappa shape index (κ3) is 6.79. The summed E-state index contributed by atoms with van der Waals surface area (Å²) >= 11 is 18.3. The lowest BCUT2D eigenvalue weighted by Crippen LogP contribution is -2.33. The fourth-order valence-electron chi connectivity index (χ4n) is 2.95. The number of nitrogens with zero attached hydrogens (tertiary/aromatic N) is 1. The highest BCUT2D eigenvalue weighted by atomic mass is 35.5. The van der Waals surface area contributed by atoms with E-state index in [2.05, 4.69) is 10.5 Å². The van der Waals surface area contributed by atoms with E-state index in [0.29, 0.717) is 43.4 Å². The number of hydrazone groups is 1. The van der Waals surface area contributed by atoms with Crippen molar-refractivity contribution in [1.82, 2.24) is 5.43 Å². The third-order valence-electron chi connectivity index (χ3n) is 4.82. The maximum Gasteiger partial charge on any atom is 0.280 e. The van der Waals surface area contributed by atoms with Gasteiger partial charge in [-0.1, -0.05) is 40.9 Å². The van der Waals surface area contributed by atoms with Crippen molar-refractivity contribution in [1.29, 1.82) is 0 Å². The quantitative estimate of drug-likeness (QED) is 0.259. The van der Waals surface area contributed by atoms with E-state index in [1.54, 1.807) is 61.5 Å². The molecule has 0 heterocycles. The molecule has 1 atom stereocenters. The molecule has 9 heteroatoms. The molecule has 1 N–H and O–H groups in total. The molecule has 0 saturated heterocycles. The van der Waals surface area contributed by atoms with Crippen LogP contribution in [0, 0.1) is 6.92 Å². The number of halogens is 3. The molecule has 0 spiro atoms. The summed E-state index contributed by atoms with van der Waals surface area (Å²) in [4.78, 5) is 12.3. The predicted octanol–water partition coefficient (Wildman–Crippen LogP) is 6.46. The van der Waals surface area contributed by atoms with Gasteiger partial charge >= 0.3 is 0 Å². The summed E-state index contributed by atoms with van der Waals surface area (Å²) in [7, 11) is 1.53. The van der Waals surface area contributed by atoms with Gasteiger partial charge in [0.05, 0.1) is 13.3 Å². The number of benzene rings is 3. The molecule has 0 saturated carbocycles. The molecule has 34 heavy (non-hydrogen) atoms. The standard InChI is InChI=1S/C25H23Cl3N2O4/c1-15-11-18(26)8-10-22(15)34-16(2)25(31)30-29-13-17-7-9-23(24(12-17)32-3)33-14-19-20(27)5-4-6-21(19)28/h4-13,16H,14H2,1-3H3,(H,30,31)/b29-13+/t16-/m1/s1. The molecule has 0 aliphatic rings. The number of hydrogen-bond donors (Lipinski definition) is 1. The molecular weight excluding hydrogens is 499 g/mol. The number of aryl methyl sites for hydroxylation is 1. The maximum absolute atomic E-state index is 12.3. The minimum atomic E-state index is -0.751. The first-order valence-corrected chi connectivity index (χ1v) is 11.4. The van der Waals surface area contributed by atoms with Gasteiger partial charge in [-0.2, -0.15) is 5.10 Å². The highest BCUT2D eigenvalue weighted by molar-refractivity contribution is 6.36. The zero-order valence-electron chi connectivity index (χ0n) is 18.8. The van der Waals surface area contributed by atoms with Gasteiger partial charge < -0.3 is 14.2 Å². The van der Waals surface area contributed by atoms with E-state index in [1.807, 2.05) is 6.92 Å². The maximum atomic E-state index is 12.3. The first-order valence-electron chi connectivity index (χ1n) is 10.3. The Morgan fingerprint density at radius 3 is 2.41 bits per heavy atom. The number of methoxy groups -OCH3 is 1. The SMILES string of the molecule is COc1cc(/C=N/NC(=O)[C@@H](C)Oc2ccc(Cl)cc2C)ccc1OCc1c(Cl)cccc1Cl. The third-order valence-corrected chi connectivity index (χ3v) is 5.76. The lowest BCUT2D eigenvalue weighted by molar-refractivity contribution is -0.127. The van der Waals surface area contributed by atoms with Crippen LogP contribution in [-0.2, 0) is 11.4 Å². The Morgan fingerprint density at radius 2 is 1.74 bits per heavy atom. The first-order chi connectivity index (χ1) is 16.3. The summed E-state index contributed by atoms with van der Waals surface area (Å²) in [5.74, 6) is 1.19. The number of amides is 1. The lowest BCUT2D eigenvalue weighted by Gasteiger charge is -2.15. The zero-order chi connectivity index (χ0) is 24.7. The van der Waals surface area contributed by atoms with Crippen molar-refractivity contribution in [2.24, 2.45) is 5.10 Å². The number of ether oxygens (including phenoxy) is 3. The van der Waals surface area contributed by atoms with Crippen molar-refractivity contribution in [3.05, 3.63) is 86.4 Å². The van der Waals surface area contributed by atoms with Crippen LogP contribution >= 0.6 is 34.8 Å². The molecule has 0 aliphatic heterocycles. The van der Waals surface area contributed by atoms with Crippen LogP contribution < -0.4 is 19.6 Å². The van der Waals surface area contributed by atoms with Gasteiger partial charge in [-0.25, -0.2) is 5.43 Å². The highest BCUT2D eigenvalue weighted by Gasteiger charge is 2.15. The molecular formula is C25H23Cl3N2O4. The first kappa shape index (κ1) is 25.7. The van der Waals surface area contributed by atoms with Crippen LogP contribution in [0.3, 0.4) is 0 Å². The molecule has 3 aromatic rings. The zero-order valence-corrected chi connectivity index (χ0v) is 21.0. The van der Waals surface area contributed by atoms with Gasteiger partial charge in [-0.05, 0) is 73.5 Å². The van der Waals surface area contributed by atoms with Crippen molar-refractivity contribution in [2.45, 2.75) is 26.6 Å². The molecule has 0 fully saturated rings. The monoisotopic (exact) mass is 520 g/mol. The number of carbonyl (C=O) groups is 1. The van der Waals surface area contributed by atoms with Crippen molar-refractivity contribution in [3.63, 3.8) is 0 Å². The van der Waals surface area contributed by atoms with Gasteiger partial charge in [-0.3, -0.25) is 4.79 Å². The van der Waals surface area contributed by atoms with Gasteiger partial charge in [0, 0.05) is 20.6 Å². The van der Waals surface area contributed by atoms with Crippen LogP contribution in [-0.4, -0.2) is 25.3 Å². The van der Waals surface area contributed by atoms with Gasteiger partial charge in [0.2, 0.25) is 0 Å². The second kappa shape index (κ2) is 12.0. The fourth-order valence-corrected chi connectivity index (χ4v) is 3.69. The summed E-state index contributed by atoms with van der Waals surface area (Å²) in [6, 6.07) is 15.7. The van der Waals surface area contributed by atoms with Gasteiger partial charge in [0.25, 0.3) is 5.91 Å². The van der Waals surface area contributed by atoms with Gasteiger partial charge in [0.15, 0.2) is 17.6 Å². The molecule has 1 amide bonds. The second-order valence-corrected chi connectivity index (χ2v) is 8.55. The number of carbonyl (C=O) groups excluding carboxylic acids is 1. The van der Waals surface area contributed by atoms with E-state index in [1.165, 1.54) is 13.3 Å². The Kier molecular flexibility index (Phi) is 9.05. The predicted molar refractivity (Wildman–Crippen MR) is 136 cm³/mol. The van der Waals surface area contributed by atoms with Gasteiger partial charge in [-0.15, -0.1) is 0 Å². The second-order valence-electron chi connectivity index (χ2n) is 7.30. The van der Waals surface area contributed by atoms with Crippen molar-refractivity contribution >= 4 is 46.9 Å². The molecule has 0 aliphatic carbocycles. The molecule has 178 valence electrons. The lowest BCUT2D eigenvalue weighted by atomic mass is 10.2. The van der Waals surface area contributed by atoms with Crippen molar-refractivity contribution in [2.75, 3.05) is 7.11 Å². The molecule has 3 rings (SSSR count). The normalized spacial score (nSPS) is 11.8. The van der Waals surface area contributed by atoms with Crippen LogP contribution in [0.5, 0.6) is 17.2 Å². The van der Waals surface area contributed by atoms with Crippen LogP contribution in [0.2, 0.25) is 15.1 Å². The van der Waals surface area contributed by atoms with Crippen LogP contribution in [0.4, 0.5) is 0 Å². The van der Waals surface area contributed by atoms with Crippen LogP contribution in [0.15, 0.2) is 59.7 Å². The molecule has 0 unspecified atom stereocenters. The van der Waals surface area contributed by atoms with Crippen LogP contribution in [0.1, 0.15) is 23.6 Å². The molecule has 0 aromatic heterocycles. The highest BCUT2D eigenvalue weighted by Crippen LogP contribution is 2.31. The minimum absolute atomic E-state index is 0.184. The van der Waals surface area contributed by atoms with E-state index in [4.69, 9.17) is 49.0 Å². The minimum Gasteiger partial charge on any atom is -0.493 e. The summed E-state index contributed by atoms with van der Waals surface area (Å²) in [5.41, 5.74) is 4.69. The number of hydrogen-bond acceptors (Lipinski definition) is 5. The Hall–Kier alpha value is -2.93. The fraction of sp³-hybridized carbons (Fsp3) is 0.200. The largest absolute Gasteiger partial charge is 0.493 e. The van der Waals surface area contributed by atoms with E-state index in [0.717, 1.165) is 5.56 Å². The summed E-state index contributed by atoms with van der Waals surface area (Å²) in [5, 5.41) is 5.66. The van der Waals surface area contributed by atoms with Crippen molar-refractivity contribution in [3.8, 4) is 17.2 Å². The molecule has 6 nitrogen and oxygen atoms in total. The summed E-state index contributed by atoms with van der Waals surface area (Å²) in [6.07, 6.45) is 0.744. The Morgan fingerprint density at radius 1 is 1.03 bits per heavy atom. The average Bonchev–Trinajstić information content (AvgIpc) is 2.81. The van der Waals surface area contributed by atoms with Gasteiger partial charge in [0.1, 0.15) is 12.4 Å². The summed E-state index contributed by atoms with van der Waals surface area (Å²) < 4.78 is 17.0. The average molecular weight is 522 g/mol. The molecule has 0 radical (unpaired) electrons. The molecule has 0 bridgehead atoms. The van der Waals surface area contributed by atoms with E-state index in [-0.39, 0.29) is 6.61 Å². The number of nitrogens with one attached hydrogen (secondary N) is 1. The van der Waals surface area contributed by atoms with E-state index in [9.17, 15) is 4.79 Å². The Bertz CT molecular complexity index is 1180. The number of rotatable bonds is 9. The topological polar surface area (TPSA) is 69.2 Å². The Balaban J connectivity index is 1.59. The van der Waals surface area contributed by atoms with Crippen molar-refractivity contribution < 1.29 is 19.0 Å². The summed E-state index contributed by atoms with van der Waals surface area (Å²) in [6.45, 7) is 3.68. The van der Waals surface area contributed by atoms with Crippen LogP contribution in [0.25, 0.3) is 0 Å². The smallest absolute Gasteiger partial charge is 0.280 e. The molecule has 3 aromatic carbocycles. The van der Waals surface area contributed by atoms with E-state index >= 15 is 0 Å².